The molecule has 2 aromatic rings. The number of phenols is 1. The molecule has 0 bridgehead atoms. The summed E-state index contributed by atoms with van der Waals surface area (Å²) in [4.78, 5) is 24.8. The van der Waals surface area contributed by atoms with E-state index >= 15 is 0 Å². The van der Waals surface area contributed by atoms with Gasteiger partial charge in [0.1, 0.15) is 5.92 Å². The van der Waals surface area contributed by atoms with Gasteiger partial charge in [-0.05, 0) is 42.0 Å². The average molecular weight is 388 g/mol. The number of hydrogen-bond acceptors (Lipinski definition) is 4. The fourth-order valence-electron chi connectivity index (χ4n) is 2.91. The molecule has 0 unspecified atom stereocenters. The fourth-order valence-corrected chi connectivity index (χ4v) is 3.04. The van der Waals surface area contributed by atoms with Gasteiger partial charge in [0.25, 0.3) is 0 Å². The Morgan fingerprint density at radius 2 is 1.96 bits per heavy atom. The number of methoxy groups -OCH3 is 1. The molecule has 2 aromatic carbocycles. The highest BCUT2D eigenvalue weighted by Gasteiger charge is 2.38. The molecule has 2 atom stereocenters. The molecule has 1 fully saturated rings. The van der Waals surface area contributed by atoms with E-state index < -0.39 is 18.0 Å². The first-order valence-corrected chi connectivity index (χ1v) is 8.46. The number of rotatable bonds is 4. The van der Waals surface area contributed by atoms with E-state index in [0.29, 0.717) is 16.3 Å². The maximum absolute atomic E-state index is 12.9. The number of urea groups is 1. The third-order valence-corrected chi connectivity index (χ3v) is 4.48. The summed E-state index contributed by atoms with van der Waals surface area (Å²) in [5.74, 6) is -0.940. The number of hydrogen-bond donors (Lipinski definition) is 4. The predicted octanol–water partition coefficient (Wildman–Crippen LogP) is 3.18. The topological polar surface area (TPSA) is 99.7 Å². The van der Waals surface area contributed by atoms with Crippen molar-refractivity contribution in [3.05, 3.63) is 65.3 Å². The maximum atomic E-state index is 12.9. The predicted molar refractivity (Wildman–Crippen MR) is 102 cm³/mol. The van der Waals surface area contributed by atoms with Crippen LogP contribution >= 0.6 is 11.6 Å². The Bertz CT molecular complexity index is 898. The highest BCUT2D eigenvalue weighted by Crippen LogP contribution is 2.35. The average Bonchev–Trinajstić information content (AvgIpc) is 2.63. The monoisotopic (exact) mass is 387 g/mol. The number of amides is 3. The van der Waals surface area contributed by atoms with E-state index in [9.17, 15) is 14.7 Å². The number of phenolic OH excluding ortho intramolecular Hbond substituents is 1. The molecule has 140 valence electrons. The van der Waals surface area contributed by atoms with Crippen molar-refractivity contribution in [3.8, 4) is 11.5 Å². The summed E-state index contributed by atoms with van der Waals surface area (Å²) < 4.78 is 5.12. The SMILES string of the molecule is C=C1NC(=O)N[C@H](c2ccc(O)c(OC)c2)[C@H]1C(=O)Nc1ccc(Cl)cc1. The molecular formula is C19H18ClN3O4. The van der Waals surface area contributed by atoms with Crippen LogP contribution in [0.4, 0.5) is 10.5 Å². The van der Waals surface area contributed by atoms with Crippen LogP contribution < -0.4 is 20.7 Å². The van der Waals surface area contributed by atoms with Crippen LogP contribution in [0.15, 0.2) is 54.7 Å². The highest BCUT2D eigenvalue weighted by atomic mass is 35.5. The van der Waals surface area contributed by atoms with Crippen LogP contribution in [0.1, 0.15) is 11.6 Å². The van der Waals surface area contributed by atoms with Crippen molar-refractivity contribution in [3.63, 3.8) is 0 Å². The quantitative estimate of drug-likeness (QED) is 0.647. The lowest BCUT2D eigenvalue weighted by atomic mass is 9.88. The van der Waals surface area contributed by atoms with Crippen molar-refractivity contribution in [2.24, 2.45) is 5.92 Å². The summed E-state index contributed by atoms with van der Waals surface area (Å²) in [7, 11) is 1.42. The number of anilines is 1. The van der Waals surface area contributed by atoms with E-state index in [1.165, 1.54) is 13.2 Å². The van der Waals surface area contributed by atoms with E-state index in [2.05, 4.69) is 22.5 Å². The first-order valence-electron chi connectivity index (χ1n) is 8.08. The molecule has 0 saturated carbocycles. The number of aromatic hydroxyl groups is 1. The molecule has 0 aromatic heterocycles. The van der Waals surface area contributed by atoms with Crippen molar-refractivity contribution >= 4 is 29.2 Å². The van der Waals surface area contributed by atoms with Crippen molar-refractivity contribution in [2.45, 2.75) is 6.04 Å². The van der Waals surface area contributed by atoms with Crippen molar-refractivity contribution in [1.82, 2.24) is 10.6 Å². The number of nitrogens with one attached hydrogen (secondary N) is 3. The molecule has 4 N–H and O–H groups in total. The van der Waals surface area contributed by atoms with E-state index in [-0.39, 0.29) is 23.1 Å². The summed E-state index contributed by atoms with van der Waals surface area (Å²) in [6.07, 6.45) is 0. The minimum atomic E-state index is -0.785. The van der Waals surface area contributed by atoms with Gasteiger partial charge in [-0.3, -0.25) is 4.79 Å². The summed E-state index contributed by atoms with van der Waals surface area (Å²) in [5.41, 5.74) is 1.43. The highest BCUT2D eigenvalue weighted by molar-refractivity contribution is 6.30. The molecule has 3 amide bonds. The van der Waals surface area contributed by atoms with Crippen molar-refractivity contribution in [2.75, 3.05) is 12.4 Å². The summed E-state index contributed by atoms with van der Waals surface area (Å²) in [6.45, 7) is 3.82. The van der Waals surface area contributed by atoms with Gasteiger partial charge in [0, 0.05) is 16.4 Å². The Hall–Kier alpha value is -3.19. The second-order valence-corrected chi connectivity index (χ2v) is 6.44. The Labute approximate surface area is 161 Å². The lowest BCUT2D eigenvalue weighted by molar-refractivity contribution is -0.119. The smallest absolute Gasteiger partial charge is 0.319 e. The fraction of sp³-hybridized carbons (Fsp3) is 0.158. The summed E-state index contributed by atoms with van der Waals surface area (Å²) >= 11 is 5.86. The van der Waals surface area contributed by atoms with Gasteiger partial charge in [-0.25, -0.2) is 4.79 Å². The molecule has 0 aliphatic carbocycles. The molecule has 7 nitrogen and oxygen atoms in total. The van der Waals surface area contributed by atoms with Crippen molar-refractivity contribution in [1.29, 1.82) is 0 Å². The summed E-state index contributed by atoms with van der Waals surface area (Å²) in [6, 6.07) is 10.2. The molecule has 1 aliphatic rings. The number of benzene rings is 2. The molecule has 1 saturated heterocycles. The van der Waals surface area contributed by atoms with E-state index in [1.54, 1.807) is 36.4 Å². The zero-order chi connectivity index (χ0) is 19.6. The number of ether oxygens (including phenoxy) is 1. The van der Waals surface area contributed by atoms with Crippen LogP contribution in [0.3, 0.4) is 0 Å². The standard InChI is InChI=1S/C19H18ClN3O4/c1-10-16(18(25)22-13-6-4-12(20)5-7-13)17(23-19(26)21-10)11-3-8-14(24)15(9-11)27-2/h3-9,16-17,24H,1H2,2H3,(H,22,25)(H2,21,23,26)/t16-,17+/m0/s1. The molecule has 1 heterocycles. The van der Waals surface area contributed by atoms with Gasteiger partial charge in [-0.2, -0.15) is 0 Å². The van der Waals surface area contributed by atoms with Crippen LogP contribution in [0.25, 0.3) is 0 Å². The number of carbonyl (C=O) groups excluding carboxylic acids is 2. The Kier molecular flexibility index (Phi) is 5.23. The molecular weight excluding hydrogens is 370 g/mol. The third kappa shape index (κ3) is 3.98. The van der Waals surface area contributed by atoms with Gasteiger partial charge in [0.15, 0.2) is 11.5 Å². The Morgan fingerprint density at radius 1 is 1.26 bits per heavy atom. The maximum Gasteiger partial charge on any atom is 0.319 e. The number of halogens is 1. The number of carbonyl (C=O) groups is 2. The van der Waals surface area contributed by atoms with Crippen LogP contribution in [0.2, 0.25) is 5.02 Å². The summed E-state index contributed by atoms with van der Waals surface area (Å²) in [5, 5.41) is 18.4. The first kappa shape index (κ1) is 18.6. The van der Waals surface area contributed by atoms with E-state index in [1.807, 2.05) is 0 Å². The van der Waals surface area contributed by atoms with Gasteiger partial charge in [-0.1, -0.05) is 24.2 Å². The molecule has 0 radical (unpaired) electrons. The van der Waals surface area contributed by atoms with Crippen molar-refractivity contribution < 1.29 is 19.4 Å². The molecule has 8 heteroatoms. The van der Waals surface area contributed by atoms with Gasteiger partial charge in [-0.15, -0.1) is 0 Å². The second kappa shape index (κ2) is 7.59. The molecule has 27 heavy (non-hydrogen) atoms. The van der Waals surface area contributed by atoms with Gasteiger partial charge in [0.05, 0.1) is 13.2 Å². The lowest BCUT2D eigenvalue weighted by Crippen LogP contribution is -2.51. The minimum absolute atomic E-state index is 0.0393. The first-order chi connectivity index (χ1) is 12.9. The van der Waals surface area contributed by atoms with Crippen LogP contribution in [0, 0.1) is 5.92 Å². The van der Waals surface area contributed by atoms with Crippen LogP contribution in [-0.4, -0.2) is 24.2 Å². The zero-order valence-electron chi connectivity index (χ0n) is 14.5. The Morgan fingerprint density at radius 3 is 2.63 bits per heavy atom. The molecule has 3 rings (SSSR count). The molecule has 1 aliphatic heterocycles. The van der Waals surface area contributed by atoms with Gasteiger partial charge >= 0.3 is 6.03 Å². The van der Waals surface area contributed by atoms with Gasteiger partial charge < -0.3 is 25.8 Å². The zero-order valence-corrected chi connectivity index (χ0v) is 15.2. The van der Waals surface area contributed by atoms with E-state index in [4.69, 9.17) is 16.3 Å². The Balaban J connectivity index is 1.91. The lowest BCUT2D eigenvalue weighted by Gasteiger charge is -2.34. The molecule has 0 spiro atoms. The largest absolute Gasteiger partial charge is 0.504 e. The minimum Gasteiger partial charge on any atom is -0.504 e. The third-order valence-electron chi connectivity index (χ3n) is 4.23. The second-order valence-electron chi connectivity index (χ2n) is 6.01. The van der Waals surface area contributed by atoms with Crippen LogP contribution in [0.5, 0.6) is 11.5 Å². The normalized spacial score (nSPS) is 19.0. The van der Waals surface area contributed by atoms with E-state index in [0.717, 1.165) is 0 Å². The van der Waals surface area contributed by atoms with Gasteiger partial charge in [0.2, 0.25) is 5.91 Å². The van der Waals surface area contributed by atoms with Crippen LogP contribution in [-0.2, 0) is 4.79 Å².